The van der Waals surface area contributed by atoms with Gasteiger partial charge in [0.2, 0.25) is 5.91 Å². The summed E-state index contributed by atoms with van der Waals surface area (Å²) < 4.78 is 5.71. The molecule has 1 aliphatic rings. The fourth-order valence-electron chi connectivity index (χ4n) is 2.76. The molecular weight excluding hydrogens is 406 g/mol. The Hall–Kier alpha value is -2.29. The van der Waals surface area contributed by atoms with Gasteiger partial charge < -0.3 is 25.8 Å². The van der Waals surface area contributed by atoms with Gasteiger partial charge in [-0.2, -0.15) is 0 Å². The van der Waals surface area contributed by atoms with Crippen LogP contribution in [0.25, 0.3) is 0 Å². The van der Waals surface area contributed by atoms with E-state index in [1.165, 1.54) is 0 Å². The number of nitrogens with two attached hydrogens (primary N) is 1. The molecule has 0 radical (unpaired) electrons. The number of amides is 2. The van der Waals surface area contributed by atoms with Gasteiger partial charge in [-0.1, -0.05) is 0 Å². The molecular formula is C17H22BrN3O5. The van der Waals surface area contributed by atoms with Crippen LogP contribution in [0.2, 0.25) is 0 Å². The third kappa shape index (κ3) is 4.46. The van der Waals surface area contributed by atoms with E-state index in [2.05, 4.69) is 21.2 Å². The molecule has 1 atom stereocenters. The fraction of sp³-hybridized carbons (Fsp3) is 0.471. The average molecular weight is 428 g/mol. The van der Waals surface area contributed by atoms with Crippen molar-refractivity contribution in [2.45, 2.75) is 38.3 Å². The first-order valence-electron chi connectivity index (χ1n) is 8.02. The molecule has 0 aliphatic carbocycles. The maximum absolute atomic E-state index is 12.1. The van der Waals surface area contributed by atoms with Crippen molar-refractivity contribution in [2.75, 3.05) is 18.0 Å². The standard InChI is InChI=1S/C17H22BrN3O5/c1-16(2,3)26-15(25)20-17(14(23)24)6-7-21(9-17)10-4-5-11(13(19)22)12(18)8-10/h4-5,8H,6-7,9H2,1-3H3,(H2,19,22)(H,20,25)(H,23,24). The number of primary amides is 1. The Labute approximate surface area is 159 Å². The van der Waals surface area contributed by atoms with Gasteiger partial charge in [0.25, 0.3) is 0 Å². The van der Waals surface area contributed by atoms with Gasteiger partial charge in [-0.05, 0) is 54.9 Å². The van der Waals surface area contributed by atoms with Crippen LogP contribution in [0.15, 0.2) is 22.7 Å². The fourth-order valence-corrected chi connectivity index (χ4v) is 3.32. The summed E-state index contributed by atoms with van der Waals surface area (Å²) in [7, 11) is 0. The maximum atomic E-state index is 12.1. The minimum atomic E-state index is -1.45. The molecule has 4 N–H and O–H groups in total. The summed E-state index contributed by atoms with van der Waals surface area (Å²) in [6.07, 6.45) is -0.552. The number of carbonyl (C=O) groups excluding carboxylic acids is 2. The first kappa shape index (κ1) is 20.0. The Kier molecular flexibility index (Phi) is 5.50. The molecule has 0 saturated carbocycles. The first-order chi connectivity index (χ1) is 11.9. The molecule has 2 amide bonds. The minimum Gasteiger partial charge on any atom is -0.479 e. The number of halogens is 1. The molecule has 1 fully saturated rings. The third-order valence-corrected chi connectivity index (χ3v) is 4.66. The van der Waals surface area contributed by atoms with E-state index in [-0.39, 0.29) is 13.0 Å². The van der Waals surface area contributed by atoms with Crippen LogP contribution in [0.1, 0.15) is 37.6 Å². The van der Waals surface area contributed by atoms with Gasteiger partial charge in [-0.25, -0.2) is 9.59 Å². The lowest BCUT2D eigenvalue weighted by Crippen LogP contribution is -2.57. The Balaban J connectivity index is 2.19. The summed E-state index contributed by atoms with van der Waals surface area (Å²) in [6, 6.07) is 4.96. The number of nitrogens with one attached hydrogen (secondary N) is 1. The number of hydrogen-bond donors (Lipinski definition) is 3. The second-order valence-corrected chi connectivity index (χ2v) is 8.07. The number of rotatable bonds is 4. The van der Waals surface area contributed by atoms with Crippen LogP contribution < -0.4 is 16.0 Å². The molecule has 1 aliphatic heterocycles. The number of hydrogen-bond acceptors (Lipinski definition) is 5. The van der Waals surface area contributed by atoms with Gasteiger partial charge in [0, 0.05) is 23.1 Å². The summed E-state index contributed by atoms with van der Waals surface area (Å²) in [5.41, 5.74) is 4.17. The SMILES string of the molecule is CC(C)(C)OC(=O)NC1(C(=O)O)CCN(c2ccc(C(N)=O)c(Br)c2)C1. The van der Waals surface area contributed by atoms with Gasteiger partial charge in [0.1, 0.15) is 5.60 Å². The molecule has 0 spiro atoms. The zero-order valence-corrected chi connectivity index (χ0v) is 16.4. The number of aliphatic carboxylic acids is 1. The smallest absolute Gasteiger partial charge is 0.408 e. The second-order valence-electron chi connectivity index (χ2n) is 7.21. The van der Waals surface area contributed by atoms with Gasteiger partial charge in [-0.15, -0.1) is 0 Å². The van der Waals surface area contributed by atoms with Crippen LogP contribution in [-0.2, 0) is 9.53 Å². The number of anilines is 1. The largest absolute Gasteiger partial charge is 0.479 e. The highest BCUT2D eigenvalue weighted by atomic mass is 79.9. The number of nitrogens with zero attached hydrogens (tertiary/aromatic N) is 1. The van der Waals surface area contributed by atoms with E-state index in [0.717, 1.165) is 5.69 Å². The van der Waals surface area contributed by atoms with E-state index < -0.39 is 29.1 Å². The van der Waals surface area contributed by atoms with E-state index in [4.69, 9.17) is 10.5 Å². The zero-order chi connectivity index (χ0) is 19.7. The highest BCUT2D eigenvalue weighted by Crippen LogP contribution is 2.30. The van der Waals surface area contributed by atoms with Gasteiger partial charge in [-0.3, -0.25) is 4.79 Å². The van der Waals surface area contributed by atoms with Gasteiger partial charge in [0.15, 0.2) is 5.54 Å². The average Bonchev–Trinajstić information content (AvgIpc) is 2.90. The number of alkyl carbamates (subject to hydrolysis) is 1. The molecule has 26 heavy (non-hydrogen) atoms. The number of benzene rings is 1. The molecule has 0 bridgehead atoms. The van der Waals surface area contributed by atoms with E-state index in [1.807, 2.05) is 4.90 Å². The predicted molar refractivity (Wildman–Crippen MR) is 99.2 cm³/mol. The van der Waals surface area contributed by atoms with E-state index >= 15 is 0 Å². The number of ether oxygens (including phenoxy) is 1. The van der Waals surface area contributed by atoms with Crippen LogP contribution >= 0.6 is 15.9 Å². The van der Waals surface area contributed by atoms with E-state index in [1.54, 1.807) is 39.0 Å². The molecule has 142 valence electrons. The van der Waals surface area contributed by atoms with Crippen LogP contribution in [0.4, 0.5) is 10.5 Å². The maximum Gasteiger partial charge on any atom is 0.408 e. The van der Waals surface area contributed by atoms with Crippen molar-refractivity contribution in [2.24, 2.45) is 5.73 Å². The lowest BCUT2D eigenvalue weighted by Gasteiger charge is -2.28. The van der Waals surface area contributed by atoms with Crippen molar-refractivity contribution < 1.29 is 24.2 Å². The third-order valence-electron chi connectivity index (χ3n) is 4.00. The molecule has 1 aromatic carbocycles. The zero-order valence-electron chi connectivity index (χ0n) is 14.8. The van der Waals surface area contributed by atoms with E-state index in [0.29, 0.717) is 16.6 Å². The first-order valence-corrected chi connectivity index (χ1v) is 8.82. The van der Waals surface area contributed by atoms with Gasteiger partial charge >= 0.3 is 12.1 Å². The Morgan fingerprint density at radius 1 is 1.35 bits per heavy atom. The van der Waals surface area contributed by atoms with Crippen molar-refractivity contribution in [3.63, 3.8) is 0 Å². The van der Waals surface area contributed by atoms with Crippen LogP contribution in [-0.4, -0.2) is 47.3 Å². The number of carboxylic acid groups (broad SMARTS) is 1. The molecule has 1 heterocycles. The normalized spacial score (nSPS) is 19.9. The van der Waals surface area contributed by atoms with Crippen LogP contribution in [0.3, 0.4) is 0 Å². The lowest BCUT2D eigenvalue weighted by molar-refractivity contribution is -0.143. The van der Waals surface area contributed by atoms with Crippen LogP contribution in [0, 0.1) is 0 Å². The highest BCUT2D eigenvalue weighted by Gasteiger charge is 2.47. The monoisotopic (exact) mass is 427 g/mol. The topological polar surface area (TPSA) is 122 Å². The molecule has 1 aromatic rings. The predicted octanol–water partition coefficient (Wildman–Crippen LogP) is 2.11. The Bertz CT molecular complexity index is 746. The Morgan fingerprint density at radius 3 is 2.50 bits per heavy atom. The summed E-state index contributed by atoms with van der Waals surface area (Å²) in [5.74, 6) is -1.69. The summed E-state index contributed by atoms with van der Waals surface area (Å²) in [5, 5.41) is 12.2. The van der Waals surface area contributed by atoms with Crippen molar-refractivity contribution in [1.82, 2.24) is 5.32 Å². The van der Waals surface area contributed by atoms with Crippen molar-refractivity contribution >= 4 is 39.6 Å². The van der Waals surface area contributed by atoms with Gasteiger partial charge in [0.05, 0.1) is 12.1 Å². The summed E-state index contributed by atoms with van der Waals surface area (Å²) in [6.45, 7) is 5.62. The number of carbonyl (C=O) groups is 3. The lowest BCUT2D eigenvalue weighted by atomic mass is 9.99. The molecule has 1 unspecified atom stereocenters. The van der Waals surface area contributed by atoms with Crippen molar-refractivity contribution in [1.29, 1.82) is 0 Å². The van der Waals surface area contributed by atoms with Crippen LogP contribution in [0.5, 0.6) is 0 Å². The Morgan fingerprint density at radius 2 is 2.00 bits per heavy atom. The molecule has 1 saturated heterocycles. The van der Waals surface area contributed by atoms with Crippen molar-refractivity contribution in [3.05, 3.63) is 28.2 Å². The quantitative estimate of drug-likeness (QED) is 0.675. The minimum absolute atomic E-state index is 0.0733. The molecule has 2 rings (SSSR count). The molecule has 9 heteroatoms. The molecule has 8 nitrogen and oxygen atoms in total. The number of carboxylic acids is 1. The second kappa shape index (κ2) is 7.14. The van der Waals surface area contributed by atoms with E-state index in [9.17, 15) is 19.5 Å². The van der Waals surface area contributed by atoms with Crippen molar-refractivity contribution in [3.8, 4) is 0 Å². The summed E-state index contributed by atoms with van der Waals surface area (Å²) in [4.78, 5) is 37.1. The highest BCUT2D eigenvalue weighted by molar-refractivity contribution is 9.10. The molecule has 0 aromatic heterocycles. The summed E-state index contributed by atoms with van der Waals surface area (Å²) >= 11 is 3.29.